The fourth-order valence-electron chi connectivity index (χ4n) is 2.95. The summed E-state index contributed by atoms with van der Waals surface area (Å²) in [4.78, 5) is 28.9. The Balaban J connectivity index is 1.63. The molecule has 0 aromatic carbocycles. The van der Waals surface area contributed by atoms with Crippen molar-refractivity contribution in [2.45, 2.75) is 26.4 Å². The van der Waals surface area contributed by atoms with E-state index in [2.05, 4.69) is 15.4 Å². The third kappa shape index (κ3) is 2.75. The van der Waals surface area contributed by atoms with Crippen molar-refractivity contribution in [1.82, 2.24) is 24.5 Å². The zero-order valence-corrected chi connectivity index (χ0v) is 14.2. The molecule has 0 aliphatic rings. The number of hydrogen-bond acceptors (Lipinski definition) is 5. The Bertz CT molecular complexity index is 1140. The number of aromatic nitrogens is 4. The van der Waals surface area contributed by atoms with Gasteiger partial charge in [0.15, 0.2) is 5.58 Å². The zero-order chi connectivity index (χ0) is 18.1. The lowest BCUT2D eigenvalue weighted by molar-refractivity contribution is -0.122. The van der Waals surface area contributed by atoms with Gasteiger partial charge in [0.25, 0.3) is 5.56 Å². The monoisotopic (exact) mass is 351 g/mol. The van der Waals surface area contributed by atoms with Gasteiger partial charge in [-0.05, 0) is 17.7 Å². The highest BCUT2D eigenvalue weighted by Crippen LogP contribution is 2.20. The van der Waals surface area contributed by atoms with Crippen LogP contribution in [0.25, 0.3) is 16.6 Å². The van der Waals surface area contributed by atoms with Crippen molar-refractivity contribution in [3.05, 3.63) is 64.7 Å². The van der Waals surface area contributed by atoms with E-state index in [0.29, 0.717) is 29.9 Å². The van der Waals surface area contributed by atoms with Crippen LogP contribution in [0.3, 0.4) is 0 Å². The molecule has 4 rings (SSSR count). The fourth-order valence-corrected chi connectivity index (χ4v) is 2.95. The number of rotatable bonds is 5. The summed E-state index contributed by atoms with van der Waals surface area (Å²) in [7, 11) is 0. The Hall–Kier alpha value is -3.42. The van der Waals surface area contributed by atoms with Crippen LogP contribution in [0.5, 0.6) is 0 Å². The Morgan fingerprint density at radius 2 is 2.04 bits per heavy atom. The van der Waals surface area contributed by atoms with Crippen molar-refractivity contribution in [1.29, 1.82) is 0 Å². The van der Waals surface area contributed by atoms with Crippen LogP contribution < -0.4 is 10.9 Å². The minimum absolute atomic E-state index is 0.139. The molecule has 26 heavy (non-hydrogen) atoms. The van der Waals surface area contributed by atoms with E-state index in [0.717, 1.165) is 11.1 Å². The first-order valence-corrected chi connectivity index (χ1v) is 8.31. The van der Waals surface area contributed by atoms with Gasteiger partial charge in [0.2, 0.25) is 5.91 Å². The second-order valence-corrected chi connectivity index (χ2v) is 5.90. The lowest BCUT2D eigenvalue weighted by Crippen LogP contribution is -2.35. The summed E-state index contributed by atoms with van der Waals surface area (Å²) in [6.45, 7) is 2.18. The van der Waals surface area contributed by atoms with E-state index in [1.54, 1.807) is 35.2 Å². The highest BCUT2D eigenvalue weighted by Gasteiger charge is 2.16. The minimum Gasteiger partial charge on any atom is -0.463 e. The van der Waals surface area contributed by atoms with E-state index in [9.17, 15) is 9.59 Å². The van der Waals surface area contributed by atoms with E-state index in [-0.39, 0.29) is 18.0 Å². The number of nitrogens with zero attached hydrogens (tertiary/aromatic N) is 4. The van der Waals surface area contributed by atoms with Crippen LogP contribution in [0.2, 0.25) is 0 Å². The molecule has 0 fully saturated rings. The predicted molar refractivity (Wildman–Crippen MR) is 94.7 cm³/mol. The highest BCUT2D eigenvalue weighted by atomic mass is 16.3. The van der Waals surface area contributed by atoms with Crippen molar-refractivity contribution >= 4 is 22.5 Å². The maximum atomic E-state index is 12.7. The van der Waals surface area contributed by atoms with E-state index in [1.165, 1.54) is 4.68 Å². The first-order chi connectivity index (χ1) is 12.7. The number of hydrogen-bond donors (Lipinski definition) is 1. The SMILES string of the molecule is CCc1nn(CC(=O)NCc2ccncc2)c(=O)c2cc3occc3n12. The Labute approximate surface area is 148 Å². The molecule has 0 aliphatic carbocycles. The van der Waals surface area contributed by atoms with Crippen molar-refractivity contribution in [2.75, 3.05) is 0 Å². The van der Waals surface area contributed by atoms with E-state index in [1.807, 2.05) is 19.1 Å². The third-order valence-corrected chi connectivity index (χ3v) is 4.22. The average molecular weight is 351 g/mol. The summed E-state index contributed by atoms with van der Waals surface area (Å²) in [6.07, 6.45) is 5.52. The number of carbonyl (C=O) groups excluding carboxylic acids is 1. The van der Waals surface area contributed by atoms with Crippen molar-refractivity contribution in [3.8, 4) is 0 Å². The average Bonchev–Trinajstić information content (AvgIpc) is 3.25. The predicted octanol–water partition coefficient (Wildman–Crippen LogP) is 1.52. The van der Waals surface area contributed by atoms with Crippen LogP contribution in [0.15, 0.2) is 52.1 Å². The van der Waals surface area contributed by atoms with Crippen LogP contribution >= 0.6 is 0 Å². The molecule has 8 nitrogen and oxygen atoms in total. The van der Waals surface area contributed by atoms with E-state index < -0.39 is 0 Å². The minimum atomic E-state index is -0.326. The summed E-state index contributed by atoms with van der Waals surface area (Å²) in [5.74, 6) is 0.413. The summed E-state index contributed by atoms with van der Waals surface area (Å²) in [5, 5.41) is 7.16. The maximum Gasteiger partial charge on any atom is 0.291 e. The van der Waals surface area contributed by atoms with Crippen molar-refractivity contribution in [2.24, 2.45) is 0 Å². The number of amides is 1. The van der Waals surface area contributed by atoms with Crippen LogP contribution in [0, 0.1) is 0 Å². The van der Waals surface area contributed by atoms with Gasteiger partial charge in [-0.1, -0.05) is 6.92 Å². The van der Waals surface area contributed by atoms with Gasteiger partial charge in [0, 0.05) is 37.5 Å². The number of aryl methyl sites for hydroxylation is 1. The summed E-state index contributed by atoms with van der Waals surface area (Å²) >= 11 is 0. The summed E-state index contributed by atoms with van der Waals surface area (Å²) in [5.41, 5.74) is 2.49. The largest absolute Gasteiger partial charge is 0.463 e. The smallest absolute Gasteiger partial charge is 0.291 e. The highest BCUT2D eigenvalue weighted by molar-refractivity contribution is 5.82. The maximum absolute atomic E-state index is 12.7. The molecule has 0 spiro atoms. The van der Waals surface area contributed by atoms with Crippen LogP contribution in [-0.2, 0) is 24.3 Å². The molecule has 0 saturated heterocycles. The quantitative estimate of drug-likeness (QED) is 0.588. The Morgan fingerprint density at radius 1 is 1.23 bits per heavy atom. The van der Waals surface area contributed by atoms with Crippen LogP contribution in [0.1, 0.15) is 18.3 Å². The molecule has 4 aromatic heterocycles. The van der Waals surface area contributed by atoms with Gasteiger partial charge < -0.3 is 9.73 Å². The Kier molecular flexibility index (Phi) is 4.00. The molecule has 0 saturated carbocycles. The molecule has 1 amide bonds. The van der Waals surface area contributed by atoms with Gasteiger partial charge in [-0.15, -0.1) is 0 Å². The van der Waals surface area contributed by atoms with E-state index >= 15 is 0 Å². The number of nitrogens with one attached hydrogen (secondary N) is 1. The third-order valence-electron chi connectivity index (χ3n) is 4.22. The first kappa shape index (κ1) is 16.1. The van der Waals surface area contributed by atoms with Gasteiger partial charge >= 0.3 is 0 Å². The topological polar surface area (TPSA) is 94.4 Å². The van der Waals surface area contributed by atoms with Crippen molar-refractivity contribution in [3.63, 3.8) is 0 Å². The first-order valence-electron chi connectivity index (χ1n) is 8.31. The molecule has 0 unspecified atom stereocenters. The van der Waals surface area contributed by atoms with Gasteiger partial charge in [-0.3, -0.25) is 19.0 Å². The number of fused-ring (bicyclic) bond motifs is 3. The molecule has 0 bridgehead atoms. The summed E-state index contributed by atoms with van der Waals surface area (Å²) < 4.78 is 8.37. The lowest BCUT2D eigenvalue weighted by Gasteiger charge is -2.10. The molecule has 4 aromatic rings. The zero-order valence-electron chi connectivity index (χ0n) is 14.2. The molecule has 4 heterocycles. The number of carbonyl (C=O) groups is 1. The molecule has 0 aliphatic heterocycles. The second kappa shape index (κ2) is 6.47. The van der Waals surface area contributed by atoms with E-state index in [4.69, 9.17) is 4.42 Å². The van der Waals surface area contributed by atoms with Gasteiger partial charge in [0.1, 0.15) is 17.9 Å². The molecule has 0 atom stereocenters. The fraction of sp³-hybridized carbons (Fsp3) is 0.222. The van der Waals surface area contributed by atoms with Gasteiger partial charge in [-0.25, -0.2) is 4.68 Å². The molecule has 132 valence electrons. The molecular weight excluding hydrogens is 334 g/mol. The standard InChI is InChI=1S/C18H17N5O3/c1-2-16-21-22(11-17(24)20-10-12-3-6-19-7-4-12)18(25)14-9-15-13(23(14)16)5-8-26-15/h3-9H,2,10-11H2,1H3,(H,20,24). The van der Waals surface area contributed by atoms with Gasteiger partial charge in [-0.2, -0.15) is 5.10 Å². The molecule has 0 radical (unpaired) electrons. The van der Waals surface area contributed by atoms with Crippen LogP contribution in [-0.4, -0.2) is 25.1 Å². The number of pyridine rings is 1. The molecular formula is C18H17N5O3. The van der Waals surface area contributed by atoms with Crippen LogP contribution in [0.4, 0.5) is 0 Å². The number of furan rings is 1. The lowest BCUT2D eigenvalue weighted by atomic mass is 10.3. The van der Waals surface area contributed by atoms with Gasteiger partial charge in [0.05, 0.1) is 11.8 Å². The second-order valence-electron chi connectivity index (χ2n) is 5.90. The normalized spacial score (nSPS) is 11.3. The van der Waals surface area contributed by atoms with Crippen molar-refractivity contribution < 1.29 is 9.21 Å². The Morgan fingerprint density at radius 3 is 2.81 bits per heavy atom. The molecule has 1 N–H and O–H groups in total. The molecule has 8 heteroatoms. The summed E-state index contributed by atoms with van der Waals surface area (Å²) in [6, 6.07) is 7.13.